The summed E-state index contributed by atoms with van der Waals surface area (Å²) in [5.74, 6) is 1.58. The molecule has 1 aliphatic rings. The summed E-state index contributed by atoms with van der Waals surface area (Å²) < 4.78 is 13.5. The van der Waals surface area contributed by atoms with E-state index in [0.29, 0.717) is 17.4 Å². The van der Waals surface area contributed by atoms with Crippen LogP contribution in [0.4, 0.5) is 15.9 Å². The minimum Gasteiger partial charge on any atom is -0.340 e. The van der Waals surface area contributed by atoms with Crippen molar-refractivity contribution in [3.05, 3.63) is 72.3 Å². The zero-order valence-corrected chi connectivity index (χ0v) is 15.4. The van der Waals surface area contributed by atoms with Gasteiger partial charge in [0.1, 0.15) is 17.5 Å². The maximum absolute atomic E-state index is 13.5. The van der Waals surface area contributed by atoms with E-state index in [1.54, 1.807) is 6.07 Å². The van der Waals surface area contributed by atoms with Crippen molar-refractivity contribution < 1.29 is 4.39 Å². The van der Waals surface area contributed by atoms with Gasteiger partial charge in [-0.3, -0.25) is 0 Å². The summed E-state index contributed by atoms with van der Waals surface area (Å²) in [4.78, 5) is 12.0. The van der Waals surface area contributed by atoms with E-state index in [4.69, 9.17) is 9.97 Å². The third kappa shape index (κ3) is 4.31. The third-order valence-electron chi connectivity index (χ3n) is 4.90. The van der Waals surface area contributed by atoms with Gasteiger partial charge in [0.15, 0.2) is 0 Å². The topological polar surface area (TPSA) is 41.1 Å². The number of benzene rings is 2. The monoisotopic (exact) mass is 362 g/mol. The van der Waals surface area contributed by atoms with Gasteiger partial charge in [0, 0.05) is 29.8 Å². The maximum atomic E-state index is 13.5. The van der Waals surface area contributed by atoms with Crippen molar-refractivity contribution in [3.8, 4) is 11.3 Å². The highest BCUT2D eigenvalue weighted by molar-refractivity contribution is 5.65. The Balaban J connectivity index is 1.72. The van der Waals surface area contributed by atoms with Gasteiger partial charge in [0.05, 0.1) is 5.69 Å². The molecule has 1 saturated heterocycles. The van der Waals surface area contributed by atoms with Crippen molar-refractivity contribution in [2.45, 2.75) is 18.8 Å². The predicted octanol–water partition coefficient (Wildman–Crippen LogP) is 4.84. The van der Waals surface area contributed by atoms with E-state index in [1.807, 2.05) is 42.5 Å². The molecule has 1 atom stereocenters. The molecule has 0 amide bonds. The van der Waals surface area contributed by atoms with Gasteiger partial charge in [-0.15, -0.1) is 0 Å². The second-order valence-corrected chi connectivity index (χ2v) is 7.10. The summed E-state index contributed by atoms with van der Waals surface area (Å²) in [6.07, 6.45) is 2.23. The van der Waals surface area contributed by atoms with Gasteiger partial charge in [-0.1, -0.05) is 36.4 Å². The Bertz CT molecular complexity index is 913. The number of piperidine rings is 1. The van der Waals surface area contributed by atoms with Crippen LogP contribution >= 0.6 is 0 Å². The van der Waals surface area contributed by atoms with Crippen molar-refractivity contribution in [2.75, 3.05) is 25.5 Å². The first-order chi connectivity index (χ1) is 13.2. The van der Waals surface area contributed by atoms with Crippen LogP contribution in [0.3, 0.4) is 0 Å². The predicted molar refractivity (Wildman–Crippen MR) is 107 cm³/mol. The molecule has 0 aliphatic carbocycles. The van der Waals surface area contributed by atoms with Crippen molar-refractivity contribution in [1.29, 1.82) is 0 Å². The molecular weight excluding hydrogens is 339 g/mol. The molecule has 3 aromatic rings. The highest BCUT2D eigenvalue weighted by Crippen LogP contribution is 2.28. The first-order valence-corrected chi connectivity index (χ1v) is 9.33. The summed E-state index contributed by atoms with van der Waals surface area (Å²) in [6, 6.07) is 18.5. The number of hydrogen-bond donors (Lipinski definition) is 1. The summed E-state index contributed by atoms with van der Waals surface area (Å²) in [5, 5.41) is 3.24. The molecule has 0 radical (unpaired) electrons. The molecule has 1 aliphatic heterocycles. The number of aromatic nitrogens is 2. The number of nitrogens with one attached hydrogen (secondary N) is 1. The Morgan fingerprint density at radius 1 is 1.04 bits per heavy atom. The van der Waals surface area contributed by atoms with E-state index < -0.39 is 0 Å². The number of hydrogen-bond acceptors (Lipinski definition) is 4. The largest absolute Gasteiger partial charge is 0.340 e. The number of anilines is 2. The molecule has 1 fully saturated rings. The van der Waals surface area contributed by atoms with Gasteiger partial charge in [0.2, 0.25) is 0 Å². The molecular formula is C22H23FN4. The summed E-state index contributed by atoms with van der Waals surface area (Å²) in [7, 11) is 2.14. The highest BCUT2D eigenvalue weighted by atomic mass is 19.1. The minimum absolute atomic E-state index is 0.272. The lowest BCUT2D eigenvalue weighted by Crippen LogP contribution is -2.31. The second kappa shape index (κ2) is 7.84. The van der Waals surface area contributed by atoms with Crippen molar-refractivity contribution in [2.24, 2.45) is 0 Å². The van der Waals surface area contributed by atoms with E-state index in [2.05, 4.69) is 17.3 Å². The Labute approximate surface area is 159 Å². The number of likely N-dealkylation sites (N-methyl/N-ethyl adjacent to an activating group) is 1. The highest BCUT2D eigenvalue weighted by Gasteiger charge is 2.22. The zero-order chi connectivity index (χ0) is 18.6. The van der Waals surface area contributed by atoms with Crippen LogP contribution in [0.25, 0.3) is 11.3 Å². The fourth-order valence-corrected chi connectivity index (χ4v) is 3.56. The first-order valence-electron chi connectivity index (χ1n) is 9.33. The maximum Gasteiger partial charge on any atom is 0.135 e. The first kappa shape index (κ1) is 17.6. The van der Waals surface area contributed by atoms with Crippen LogP contribution in [0.1, 0.15) is 24.6 Å². The lowest BCUT2D eigenvalue weighted by molar-refractivity contribution is 0.246. The minimum atomic E-state index is -0.272. The molecule has 27 heavy (non-hydrogen) atoms. The van der Waals surface area contributed by atoms with Crippen LogP contribution in [0.2, 0.25) is 0 Å². The fourth-order valence-electron chi connectivity index (χ4n) is 3.56. The molecule has 2 aromatic carbocycles. The Hall–Kier alpha value is -2.79. The summed E-state index contributed by atoms with van der Waals surface area (Å²) in [6.45, 7) is 2.07. The van der Waals surface area contributed by atoms with Gasteiger partial charge in [-0.25, -0.2) is 14.4 Å². The lowest BCUT2D eigenvalue weighted by Gasteiger charge is -2.29. The van der Waals surface area contributed by atoms with Crippen LogP contribution < -0.4 is 5.32 Å². The molecule has 0 saturated carbocycles. The summed E-state index contributed by atoms with van der Waals surface area (Å²) >= 11 is 0. The molecule has 0 bridgehead atoms. The van der Waals surface area contributed by atoms with E-state index in [1.165, 1.54) is 12.1 Å². The average Bonchev–Trinajstić information content (AvgIpc) is 2.68. The van der Waals surface area contributed by atoms with Gasteiger partial charge >= 0.3 is 0 Å². The van der Waals surface area contributed by atoms with Crippen LogP contribution in [0, 0.1) is 5.82 Å². The molecule has 0 spiro atoms. The second-order valence-electron chi connectivity index (χ2n) is 7.10. The number of nitrogens with zero attached hydrogens (tertiary/aromatic N) is 3. The molecule has 4 rings (SSSR count). The van der Waals surface area contributed by atoms with Gasteiger partial charge < -0.3 is 10.2 Å². The molecule has 1 unspecified atom stereocenters. The molecule has 1 aromatic heterocycles. The van der Waals surface area contributed by atoms with Gasteiger partial charge in [0.25, 0.3) is 0 Å². The van der Waals surface area contributed by atoms with E-state index in [0.717, 1.165) is 43.0 Å². The van der Waals surface area contributed by atoms with Gasteiger partial charge in [-0.2, -0.15) is 0 Å². The Morgan fingerprint density at radius 2 is 1.89 bits per heavy atom. The normalized spacial score (nSPS) is 17.6. The molecule has 138 valence electrons. The SMILES string of the molecule is CN1CCCC(c2nc(Nc3cccc(F)c3)cc(-c3ccccc3)n2)C1. The van der Waals surface area contributed by atoms with E-state index >= 15 is 0 Å². The van der Waals surface area contributed by atoms with E-state index in [-0.39, 0.29) is 5.82 Å². The quantitative estimate of drug-likeness (QED) is 0.721. The number of halogens is 1. The Kier molecular flexibility index (Phi) is 5.12. The smallest absolute Gasteiger partial charge is 0.135 e. The van der Waals surface area contributed by atoms with Crippen molar-refractivity contribution in [3.63, 3.8) is 0 Å². The van der Waals surface area contributed by atoms with Crippen LogP contribution in [0.15, 0.2) is 60.7 Å². The standard InChI is InChI=1S/C22H23FN4/c1-27-12-6-9-17(15-27)22-25-20(16-7-3-2-4-8-16)14-21(26-22)24-19-11-5-10-18(23)13-19/h2-5,7-8,10-11,13-14,17H,6,9,12,15H2,1H3,(H,24,25,26). The molecule has 1 N–H and O–H groups in total. The molecule has 5 heteroatoms. The van der Waals surface area contributed by atoms with Crippen LogP contribution in [-0.4, -0.2) is 35.0 Å². The van der Waals surface area contributed by atoms with Crippen LogP contribution in [0.5, 0.6) is 0 Å². The molecule has 4 nitrogen and oxygen atoms in total. The Morgan fingerprint density at radius 3 is 2.67 bits per heavy atom. The van der Waals surface area contributed by atoms with E-state index in [9.17, 15) is 4.39 Å². The third-order valence-corrected chi connectivity index (χ3v) is 4.90. The molecule has 2 heterocycles. The van der Waals surface area contributed by atoms with Crippen molar-refractivity contribution in [1.82, 2.24) is 14.9 Å². The van der Waals surface area contributed by atoms with Crippen molar-refractivity contribution >= 4 is 11.5 Å². The van der Waals surface area contributed by atoms with Crippen LogP contribution in [-0.2, 0) is 0 Å². The zero-order valence-electron chi connectivity index (χ0n) is 15.4. The summed E-state index contributed by atoms with van der Waals surface area (Å²) in [5.41, 5.74) is 2.61. The van der Waals surface area contributed by atoms with Gasteiger partial charge in [-0.05, 0) is 44.6 Å². The lowest BCUT2D eigenvalue weighted by atomic mass is 9.97. The number of rotatable bonds is 4. The average molecular weight is 362 g/mol. The fraction of sp³-hybridized carbons (Fsp3) is 0.273. The number of likely N-dealkylation sites (tertiary alicyclic amines) is 1.